The summed E-state index contributed by atoms with van der Waals surface area (Å²) >= 11 is 0. The molecular weight excluding hydrogens is 326 g/mol. The van der Waals surface area contributed by atoms with Gasteiger partial charge in [0.1, 0.15) is 0 Å². The second kappa shape index (κ2) is 6.08. The van der Waals surface area contributed by atoms with Crippen LogP contribution in [0.3, 0.4) is 0 Å². The first-order chi connectivity index (χ1) is 12.1. The molecule has 26 heavy (non-hydrogen) atoms. The zero-order chi connectivity index (χ0) is 18.6. The fourth-order valence-electron chi connectivity index (χ4n) is 6.34. The van der Waals surface area contributed by atoms with Crippen LogP contribution >= 0.6 is 0 Å². The van der Waals surface area contributed by atoms with E-state index in [0.717, 1.165) is 38.6 Å². The van der Waals surface area contributed by atoms with Crippen molar-refractivity contribution in [1.82, 2.24) is 14.9 Å². The average Bonchev–Trinajstić information content (AvgIpc) is 2.95. The summed E-state index contributed by atoms with van der Waals surface area (Å²) in [5.41, 5.74) is -0.495. The lowest BCUT2D eigenvalue weighted by Gasteiger charge is -2.60. The fourth-order valence-corrected chi connectivity index (χ4v) is 6.34. The summed E-state index contributed by atoms with van der Waals surface area (Å²) in [6.45, 7) is 7.24. The van der Waals surface area contributed by atoms with Gasteiger partial charge in [-0.3, -0.25) is 4.79 Å². The summed E-state index contributed by atoms with van der Waals surface area (Å²) < 4.78 is 2.03. The maximum Gasteiger partial charge on any atom is 0.220 e. The van der Waals surface area contributed by atoms with E-state index < -0.39 is 5.60 Å². The van der Waals surface area contributed by atoms with E-state index in [1.54, 1.807) is 12.5 Å². The maximum absolute atomic E-state index is 13.0. The third-order valence-electron chi connectivity index (χ3n) is 7.02. The van der Waals surface area contributed by atoms with Crippen molar-refractivity contribution >= 4 is 5.91 Å². The predicted molar refractivity (Wildman–Crippen MR) is 100 cm³/mol. The van der Waals surface area contributed by atoms with Crippen LogP contribution in [0.15, 0.2) is 18.7 Å². The van der Waals surface area contributed by atoms with Gasteiger partial charge in [0.2, 0.25) is 5.91 Å². The normalized spacial score (nSPS) is 36.9. The Balaban J connectivity index is 1.44. The second-order valence-electron chi connectivity index (χ2n) is 10.6. The third-order valence-corrected chi connectivity index (χ3v) is 7.02. The molecule has 0 spiro atoms. The summed E-state index contributed by atoms with van der Waals surface area (Å²) in [7, 11) is 0. The molecule has 144 valence electrons. The fraction of sp³-hybridized carbons (Fsp3) is 0.810. The molecule has 2 unspecified atom stereocenters. The number of aromatic nitrogens is 2. The molecule has 4 aliphatic carbocycles. The summed E-state index contributed by atoms with van der Waals surface area (Å²) in [5, 5.41) is 14.2. The van der Waals surface area contributed by atoms with Crippen molar-refractivity contribution in [3.63, 3.8) is 0 Å². The van der Waals surface area contributed by atoms with Gasteiger partial charge in [0.05, 0.1) is 18.0 Å². The largest absolute Gasteiger partial charge is 0.390 e. The zero-order valence-corrected chi connectivity index (χ0v) is 16.4. The molecule has 2 N–H and O–H groups in total. The Morgan fingerprint density at radius 3 is 2.54 bits per heavy atom. The molecule has 0 saturated heterocycles. The van der Waals surface area contributed by atoms with Crippen LogP contribution in [0.1, 0.15) is 65.7 Å². The molecule has 0 aromatic carbocycles. The lowest BCUT2D eigenvalue weighted by molar-refractivity contribution is -0.169. The summed E-state index contributed by atoms with van der Waals surface area (Å²) in [5.74, 6) is 1.40. The lowest BCUT2D eigenvalue weighted by Crippen LogP contribution is -2.57. The second-order valence-corrected chi connectivity index (χ2v) is 10.6. The molecule has 1 heterocycles. The SMILES string of the molecule is CC(C)(C)[C@H](Cn1ccnc1)NC(=O)CC12C[C@@H]3C[C@@H](CC(O)(C3)C1)C2. The highest BCUT2D eigenvalue weighted by molar-refractivity contribution is 5.77. The molecule has 5 heteroatoms. The van der Waals surface area contributed by atoms with Gasteiger partial charge in [-0.2, -0.15) is 0 Å². The van der Waals surface area contributed by atoms with E-state index in [1.807, 2.05) is 10.8 Å². The third kappa shape index (κ3) is 3.55. The van der Waals surface area contributed by atoms with Crippen LogP contribution < -0.4 is 5.32 Å². The van der Waals surface area contributed by atoms with Crippen LogP contribution in [0, 0.1) is 22.7 Å². The Kier molecular flexibility index (Phi) is 4.22. The Morgan fingerprint density at radius 1 is 1.31 bits per heavy atom. The van der Waals surface area contributed by atoms with E-state index >= 15 is 0 Å². The van der Waals surface area contributed by atoms with Crippen LogP contribution in [-0.4, -0.2) is 32.2 Å². The van der Waals surface area contributed by atoms with Gasteiger partial charge in [0.25, 0.3) is 0 Å². The van der Waals surface area contributed by atoms with Crippen molar-refractivity contribution in [2.24, 2.45) is 22.7 Å². The highest BCUT2D eigenvalue weighted by atomic mass is 16.3. The molecule has 0 radical (unpaired) electrons. The number of nitrogens with zero attached hydrogens (tertiary/aromatic N) is 2. The van der Waals surface area contributed by atoms with Crippen LogP contribution in [0.5, 0.6) is 0 Å². The van der Waals surface area contributed by atoms with Gasteiger partial charge in [-0.25, -0.2) is 4.98 Å². The van der Waals surface area contributed by atoms with Crippen molar-refractivity contribution in [3.05, 3.63) is 18.7 Å². The number of hydrogen-bond acceptors (Lipinski definition) is 3. The Labute approximate surface area is 156 Å². The van der Waals surface area contributed by atoms with Gasteiger partial charge in [-0.1, -0.05) is 20.8 Å². The number of amides is 1. The van der Waals surface area contributed by atoms with E-state index in [9.17, 15) is 9.90 Å². The van der Waals surface area contributed by atoms with Gasteiger partial charge in [0.15, 0.2) is 0 Å². The molecule has 1 aromatic heterocycles. The number of rotatable bonds is 5. The van der Waals surface area contributed by atoms with Gasteiger partial charge in [-0.05, 0) is 61.2 Å². The Bertz CT molecular complexity index is 647. The van der Waals surface area contributed by atoms with Crippen molar-refractivity contribution in [3.8, 4) is 0 Å². The van der Waals surface area contributed by atoms with Crippen LogP contribution in [0.25, 0.3) is 0 Å². The minimum atomic E-state index is -0.495. The van der Waals surface area contributed by atoms with Gasteiger partial charge in [-0.15, -0.1) is 0 Å². The molecular formula is C21H33N3O2. The minimum absolute atomic E-state index is 0.0281. The van der Waals surface area contributed by atoms with E-state index in [-0.39, 0.29) is 22.8 Å². The van der Waals surface area contributed by atoms with Gasteiger partial charge >= 0.3 is 0 Å². The molecule has 4 saturated carbocycles. The zero-order valence-electron chi connectivity index (χ0n) is 16.4. The monoisotopic (exact) mass is 359 g/mol. The topological polar surface area (TPSA) is 67.2 Å². The number of nitrogens with one attached hydrogen (secondary N) is 1. The lowest BCUT2D eigenvalue weighted by atomic mass is 9.47. The van der Waals surface area contributed by atoms with Crippen molar-refractivity contribution in [1.29, 1.82) is 0 Å². The molecule has 4 bridgehead atoms. The maximum atomic E-state index is 13.0. The van der Waals surface area contributed by atoms with Gasteiger partial charge in [0, 0.05) is 25.4 Å². The first kappa shape index (κ1) is 18.0. The van der Waals surface area contributed by atoms with Crippen LogP contribution in [0.2, 0.25) is 0 Å². The summed E-state index contributed by atoms with van der Waals surface area (Å²) in [6, 6.07) is 0.0567. The smallest absolute Gasteiger partial charge is 0.220 e. The van der Waals surface area contributed by atoms with Crippen molar-refractivity contribution in [2.45, 2.75) is 83.9 Å². The summed E-state index contributed by atoms with van der Waals surface area (Å²) in [6.07, 6.45) is 12.3. The number of aliphatic hydroxyl groups is 1. The number of carbonyl (C=O) groups is 1. The van der Waals surface area contributed by atoms with E-state index in [1.165, 1.54) is 6.42 Å². The van der Waals surface area contributed by atoms with Crippen molar-refractivity contribution < 1.29 is 9.90 Å². The van der Waals surface area contributed by atoms with E-state index in [0.29, 0.717) is 18.3 Å². The van der Waals surface area contributed by atoms with E-state index in [4.69, 9.17) is 0 Å². The number of carbonyl (C=O) groups excluding carboxylic acids is 1. The molecule has 5 atom stereocenters. The minimum Gasteiger partial charge on any atom is -0.390 e. The standard InChI is InChI=1S/C21H33N3O2/c1-19(2,3)17(12-24-5-4-22-14-24)23-18(25)11-20-7-15-6-16(8-20)10-21(26,9-15)13-20/h4-5,14-17,26H,6-13H2,1-3H3,(H,23,25)/t15-,16+,17-,20?,21?/m0/s1. The molecule has 1 aromatic rings. The number of imidazole rings is 1. The van der Waals surface area contributed by atoms with Crippen molar-refractivity contribution in [2.75, 3.05) is 0 Å². The van der Waals surface area contributed by atoms with E-state index in [2.05, 4.69) is 31.1 Å². The molecule has 5 nitrogen and oxygen atoms in total. The Morgan fingerprint density at radius 2 is 2.00 bits per heavy atom. The summed E-state index contributed by atoms with van der Waals surface area (Å²) in [4.78, 5) is 17.1. The molecule has 1 amide bonds. The quantitative estimate of drug-likeness (QED) is 0.849. The first-order valence-electron chi connectivity index (χ1n) is 10.1. The van der Waals surface area contributed by atoms with Crippen LogP contribution in [-0.2, 0) is 11.3 Å². The highest BCUT2D eigenvalue weighted by Gasteiger charge is 2.57. The number of hydrogen-bond donors (Lipinski definition) is 2. The molecule has 4 aliphatic rings. The van der Waals surface area contributed by atoms with Gasteiger partial charge < -0.3 is 15.0 Å². The first-order valence-corrected chi connectivity index (χ1v) is 10.1. The predicted octanol–water partition coefficient (Wildman–Crippen LogP) is 3.14. The molecule has 0 aliphatic heterocycles. The molecule has 4 fully saturated rings. The van der Waals surface area contributed by atoms with Crippen LogP contribution in [0.4, 0.5) is 0 Å². The molecule has 5 rings (SSSR count). The Hall–Kier alpha value is -1.36. The average molecular weight is 360 g/mol. The highest BCUT2D eigenvalue weighted by Crippen LogP contribution is 2.62.